The smallest absolute Gasteiger partial charge is 0.0636 e. The third-order valence-corrected chi connectivity index (χ3v) is 2.32. The second-order valence-corrected chi connectivity index (χ2v) is 2.90. The Morgan fingerprint density at radius 3 is 2.27 bits per heavy atom. The molecule has 0 aliphatic heterocycles. The van der Waals surface area contributed by atoms with E-state index in [0.717, 1.165) is 5.56 Å². The van der Waals surface area contributed by atoms with Gasteiger partial charge in [0.25, 0.3) is 0 Å². The van der Waals surface area contributed by atoms with Gasteiger partial charge in [-0.1, -0.05) is 35.3 Å². The first-order chi connectivity index (χ1) is 4.75. The molecule has 0 unspecified atom stereocenters. The summed E-state index contributed by atoms with van der Waals surface area (Å²) in [5.74, 6) is 0.402. The Balaban J connectivity index is 0.000001000. The van der Waals surface area contributed by atoms with E-state index in [2.05, 4.69) is 0 Å². The minimum Gasteiger partial charge on any atom is -0.121 e. The molecule has 4 heteroatoms. The topological polar surface area (TPSA) is 0 Å². The van der Waals surface area contributed by atoms with Gasteiger partial charge in [0.1, 0.15) is 0 Å². The second-order valence-electron chi connectivity index (χ2n) is 1.85. The number of hydrogen-bond acceptors (Lipinski definition) is 0. The van der Waals surface area contributed by atoms with Crippen molar-refractivity contribution < 1.29 is 19.5 Å². The average Bonchev–Trinajstić information content (AvgIpc) is 1.95. The van der Waals surface area contributed by atoms with Crippen molar-refractivity contribution in [3.8, 4) is 0 Å². The van der Waals surface area contributed by atoms with E-state index in [1.165, 1.54) is 0 Å². The van der Waals surface area contributed by atoms with E-state index in [1.54, 1.807) is 6.07 Å². The van der Waals surface area contributed by atoms with Crippen molar-refractivity contribution in [2.45, 2.75) is 5.88 Å². The zero-order chi connectivity index (χ0) is 7.56. The molecular weight excluding hydrogens is 256 g/mol. The fourth-order valence-electron chi connectivity index (χ4n) is 0.652. The molecular formula is C7H5Cl3Zn. The summed E-state index contributed by atoms with van der Waals surface area (Å²) < 4.78 is 0. The van der Waals surface area contributed by atoms with Crippen LogP contribution in [-0.4, -0.2) is 0 Å². The zero-order valence-electron chi connectivity index (χ0n) is 5.78. The van der Waals surface area contributed by atoms with Crippen molar-refractivity contribution in [3.63, 3.8) is 0 Å². The molecule has 0 nitrogen and oxygen atoms in total. The average molecular weight is 261 g/mol. The number of hydrogen-bond donors (Lipinski definition) is 0. The first-order valence-electron chi connectivity index (χ1n) is 2.74. The quantitative estimate of drug-likeness (QED) is 0.533. The molecule has 0 aromatic heterocycles. The van der Waals surface area contributed by atoms with Crippen LogP contribution >= 0.6 is 34.8 Å². The molecule has 0 atom stereocenters. The van der Waals surface area contributed by atoms with Crippen LogP contribution < -0.4 is 0 Å². The number of benzene rings is 1. The third-order valence-electron chi connectivity index (χ3n) is 1.18. The van der Waals surface area contributed by atoms with E-state index in [1.807, 2.05) is 12.1 Å². The molecule has 0 aliphatic rings. The molecule has 56 valence electrons. The van der Waals surface area contributed by atoms with Crippen LogP contribution in [0.15, 0.2) is 18.2 Å². The maximum atomic E-state index is 5.78. The predicted octanol–water partition coefficient (Wildman–Crippen LogP) is 3.73. The molecule has 11 heavy (non-hydrogen) atoms. The summed E-state index contributed by atoms with van der Waals surface area (Å²) >= 11 is 17.0. The van der Waals surface area contributed by atoms with Gasteiger partial charge in [-0.05, 0) is 11.6 Å². The van der Waals surface area contributed by atoms with E-state index in [9.17, 15) is 0 Å². The van der Waals surface area contributed by atoms with Crippen molar-refractivity contribution >= 4 is 34.8 Å². The molecule has 0 saturated heterocycles. The fraction of sp³-hybridized carbons (Fsp3) is 0.143. The van der Waals surface area contributed by atoms with Crippen molar-refractivity contribution in [2.75, 3.05) is 0 Å². The summed E-state index contributed by atoms with van der Waals surface area (Å²) in [5.41, 5.74) is 0.871. The Labute approximate surface area is 93.6 Å². The summed E-state index contributed by atoms with van der Waals surface area (Å²) in [6, 6.07) is 5.41. The van der Waals surface area contributed by atoms with Gasteiger partial charge < -0.3 is 0 Å². The van der Waals surface area contributed by atoms with Crippen molar-refractivity contribution in [3.05, 3.63) is 33.8 Å². The Morgan fingerprint density at radius 2 is 1.82 bits per heavy atom. The molecule has 0 saturated carbocycles. The SMILES string of the molecule is ClCc1cccc(Cl)c1Cl.[Zn]. The van der Waals surface area contributed by atoms with Crippen molar-refractivity contribution in [1.29, 1.82) is 0 Å². The molecule has 1 aromatic rings. The van der Waals surface area contributed by atoms with Crippen LogP contribution in [0.5, 0.6) is 0 Å². The Morgan fingerprint density at radius 1 is 1.18 bits per heavy atom. The molecule has 0 bridgehead atoms. The largest absolute Gasteiger partial charge is 0.121 e. The normalized spacial score (nSPS) is 9.00. The van der Waals surface area contributed by atoms with Gasteiger partial charge in [0, 0.05) is 25.4 Å². The Hall–Kier alpha value is 0.713. The number of rotatable bonds is 1. The summed E-state index contributed by atoms with van der Waals surface area (Å²) in [7, 11) is 0. The molecule has 0 spiro atoms. The van der Waals surface area contributed by atoms with Gasteiger partial charge in [0.15, 0.2) is 0 Å². The molecule has 1 aromatic carbocycles. The second kappa shape index (κ2) is 5.37. The fourth-order valence-corrected chi connectivity index (χ4v) is 1.33. The zero-order valence-corrected chi connectivity index (χ0v) is 11.0. The van der Waals surface area contributed by atoms with E-state index >= 15 is 0 Å². The maximum absolute atomic E-state index is 5.78. The maximum Gasteiger partial charge on any atom is 0.0636 e. The van der Waals surface area contributed by atoms with Gasteiger partial charge in [0.05, 0.1) is 10.0 Å². The van der Waals surface area contributed by atoms with Gasteiger partial charge in [-0.15, -0.1) is 11.6 Å². The van der Waals surface area contributed by atoms with Crippen LogP contribution in [0.4, 0.5) is 0 Å². The van der Waals surface area contributed by atoms with Crippen LogP contribution in [0.1, 0.15) is 5.56 Å². The van der Waals surface area contributed by atoms with Crippen LogP contribution in [0.25, 0.3) is 0 Å². The third kappa shape index (κ3) is 2.91. The molecule has 0 radical (unpaired) electrons. The summed E-state index contributed by atoms with van der Waals surface area (Å²) in [5, 5.41) is 1.11. The van der Waals surface area contributed by atoms with E-state index < -0.39 is 0 Å². The van der Waals surface area contributed by atoms with Gasteiger partial charge in [-0.3, -0.25) is 0 Å². The Kier molecular flexibility index (Phi) is 5.72. The molecule has 0 N–H and O–H groups in total. The number of alkyl halides is 1. The number of halogens is 3. The summed E-state index contributed by atoms with van der Waals surface area (Å²) in [6.07, 6.45) is 0. The minimum atomic E-state index is 0. The predicted molar refractivity (Wildman–Crippen MR) is 46.0 cm³/mol. The van der Waals surface area contributed by atoms with Crippen LogP contribution in [-0.2, 0) is 25.4 Å². The van der Waals surface area contributed by atoms with Crippen molar-refractivity contribution in [1.82, 2.24) is 0 Å². The van der Waals surface area contributed by atoms with Gasteiger partial charge >= 0.3 is 0 Å². The van der Waals surface area contributed by atoms with E-state index in [0.29, 0.717) is 15.9 Å². The standard InChI is InChI=1S/C7H5Cl3.Zn/c8-4-5-2-1-3-6(9)7(5)10;/h1-3H,4H2;. The van der Waals surface area contributed by atoms with Crippen LogP contribution in [0.3, 0.4) is 0 Å². The van der Waals surface area contributed by atoms with E-state index in [-0.39, 0.29) is 19.5 Å². The molecule has 0 heterocycles. The van der Waals surface area contributed by atoms with Crippen molar-refractivity contribution in [2.24, 2.45) is 0 Å². The summed E-state index contributed by atoms with van der Waals surface area (Å²) in [4.78, 5) is 0. The Bertz CT molecular complexity index is 237. The van der Waals surface area contributed by atoms with E-state index in [4.69, 9.17) is 34.8 Å². The van der Waals surface area contributed by atoms with Crippen LogP contribution in [0.2, 0.25) is 10.0 Å². The first-order valence-corrected chi connectivity index (χ1v) is 4.03. The van der Waals surface area contributed by atoms with Gasteiger partial charge in [0.2, 0.25) is 0 Å². The molecule has 0 fully saturated rings. The molecule has 1 rings (SSSR count). The van der Waals surface area contributed by atoms with Crippen LogP contribution in [0, 0.1) is 0 Å². The van der Waals surface area contributed by atoms with Gasteiger partial charge in [-0.25, -0.2) is 0 Å². The molecule has 0 amide bonds. The molecule has 0 aliphatic carbocycles. The minimum absolute atomic E-state index is 0. The van der Waals surface area contributed by atoms with Gasteiger partial charge in [-0.2, -0.15) is 0 Å². The first kappa shape index (κ1) is 11.7. The summed E-state index contributed by atoms with van der Waals surface area (Å²) in [6.45, 7) is 0. The monoisotopic (exact) mass is 258 g/mol.